The molecule has 7 nitrogen and oxygen atoms in total. The van der Waals surface area contributed by atoms with Crippen molar-refractivity contribution in [3.8, 4) is 0 Å². The van der Waals surface area contributed by atoms with E-state index in [0.717, 1.165) is 5.56 Å². The predicted molar refractivity (Wildman–Crippen MR) is 99.1 cm³/mol. The number of amides is 2. The third-order valence-corrected chi connectivity index (χ3v) is 4.84. The lowest BCUT2D eigenvalue weighted by molar-refractivity contribution is -0.384. The molecular weight excluding hydrogens is 354 g/mol. The molecule has 3 rings (SSSR count). The lowest BCUT2D eigenvalue weighted by Crippen LogP contribution is -2.46. The van der Waals surface area contributed by atoms with E-state index in [1.807, 2.05) is 42.5 Å². The van der Waals surface area contributed by atoms with E-state index in [-0.39, 0.29) is 28.3 Å². The van der Waals surface area contributed by atoms with Crippen LogP contribution in [0.15, 0.2) is 60.7 Å². The van der Waals surface area contributed by atoms with Gasteiger partial charge in [-0.15, -0.1) is 11.8 Å². The van der Waals surface area contributed by atoms with Crippen molar-refractivity contribution in [2.45, 2.75) is 5.37 Å². The van der Waals surface area contributed by atoms with E-state index in [1.165, 1.54) is 41.0 Å². The van der Waals surface area contributed by atoms with Gasteiger partial charge in [-0.2, -0.15) is 0 Å². The number of nitrogens with one attached hydrogen (secondary N) is 1. The Morgan fingerprint density at radius 2 is 1.88 bits per heavy atom. The summed E-state index contributed by atoms with van der Waals surface area (Å²) in [5.41, 5.74) is 3.72. The summed E-state index contributed by atoms with van der Waals surface area (Å²) in [6.07, 6.45) is 3.74. The zero-order valence-electron chi connectivity index (χ0n) is 13.6. The number of nitro benzene ring substituents is 1. The first-order valence-corrected chi connectivity index (χ1v) is 8.82. The van der Waals surface area contributed by atoms with Gasteiger partial charge in [-0.25, -0.2) is 5.01 Å². The Labute approximate surface area is 153 Å². The Morgan fingerprint density at radius 1 is 1.19 bits per heavy atom. The molecular formula is C18H15N3O4S. The van der Waals surface area contributed by atoms with Crippen LogP contribution in [0.5, 0.6) is 0 Å². The summed E-state index contributed by atoms with van der Waals surface area (Å²) in [5.74, 6) is -0.425. The van der Waals surface area contributed by atoms with Gasteiger partial charge in [-0.05, 0) is 23.8 Å². The maximum Gasteiger partial charge on any atom is 0.269 e. The van der Waals surface area contributed by atoms with Gasteiger partial charge in [-0.3, -0.25) is 25.1 Å². The summed E-state index contributed by atoms with van der Waals surface area (Å²) in [5, 5.41) is 11.6. The van der Waals surface area contributed by atoms with E-state index in [0.29, 0.717) is 0 Å². The van der Waals surface area contributed by atoms with Gasteiger partial charge in [0.2, 0.25) is 0 Å². The van der Waals surface area contributed by atoms with Gasteiger partial charge in [0, 0.05) is 17.7 Å². The largest absolute Gasteiger partial charge is 0.272 e. The Hall–Kier alpha value is -3.13. The van der Waals surface area contributed by atoms with Gasteiger partial charge in [0.1, 0.15) is 5.37 Å². The van der Waals surface area contributed by atoms with Gasteiger partial charge in [-0.1, -0.05) is 36.4 Å². The van der Waals surface area contributed by atoms with Gasteiger partial charge < -0.3 is 0 Å². The molecule has 0 spiro atoms. The molecule has 1 heterocycles. The summed E-state index contributed by atoms with van der Waals surface area (Å²) < 4.78 is 0. The van der Waals surface area contributed by atoms with Crippen molar-refractivity contribution in [2.24, 2.45) is 0 Å². The molecule has 1 fully saturated rings. The molecule has 8 heteroatoms. The molecule has 0 aromatic heterocycles. The molecule has 0 bridgehead atoms. The zero-order chi connectivity index (χ0) is 18.5. The van der Waals surface area contributed by atoms with Gasteiger partial charge in [0.05, 0.1) is 10.7 Å². The number of benzene rings is 2. The molecule has 2 aromatic carbocycles. The maximum atomic E-state index is 12.3. The molecule has 1 aliphatic rings. The minimum absolute atomic E-state index is 0.0991. The maximum absolute atomic E-state index is 12.3. The highest BCUT2D eigenvalue weighted by atomic mass is 32.2. The van der Waals surface area contributed by atoms with Crippen molar-refractivity contribution in [1.82, 2.24) is 10.4 Å². The molecule has 0 aliphatic carbocycles. The highest BCUT2D eigenvalue weighted by Gasteiger charge is 2.31. The first-order chi connectivity index (χ1) is 12.5. The summed E-state index contributed by atoms with van der Waals surface area (Å²) in [4.78, 5) is 34.6. The molecule has 1 saturated heterocycles. The first-order valence-electron chi connectivity index (χ1n) is 7.77. The summed E-state index contributed by atoms with van der Waals surface area (Å²) in [6, 6.07) is 14.9. The topological polar surface area (TPSA) is 92.6 Å². The minimum Gasteiger partial charge on any atom is -0.272 e. The number of nitrogens with zero attached hydrogens (tertiary/aromatic N) is 2. The Balaban J connectivity index is 1.69. The fourth-order valence-electron chi connectivity index (χ4n) is 2.38. The Bertz CT molecular complexity index is 852. The Morgan fingerprint density at radius 3 is 2.54 bits per heavy atom. The number of non-ortho nitro benzene ring substituents is 1. The molecule has 2 amide bonds. The van der Waals surface area contributed by atoms with Crippen LogP contribution in [0.2, 0.25) is 0 Å². The lowest BCUT2D eigenvalue weighted by Gasteiger charge is -2.22. The smallest absolute Gasteiger partial charge is 0.269 e. The van der Waals surface area contributed by atoms with Crippen molar-refractivity contribution < 1.29 is 14.5 Å². The van der Waals surface area contributed by atoms with E-state index < -0.39 is 10.8 Å². The van der Waals surface area contributed by atoms with E-state index in [4.69, 9.17) is 0 Å². The number of hydrazine groups is 1. The van der Waals surface area contributed by atoms with Crippen molar-refractivity contribution in [3.05, 3.63) is 81.9 Å². The van der Waals surface area contributed by atoms with Gasteiger partial charge >= 0.3 is 0 Å². The second kappa shape index (κ2) is 7.83. The zero-order valence-corrected chi connectivity index (χ0v) is 14.4. The molecule has 2 aromatic rings. The second-order valence-corrected chi connectivity index (χ2v) is 6.59. The van der Waals surface area contributed by atoms with Crippen molar-refractivity contribution in [3.63, 3.8) is 0 Å². The normalized spacial score (nSPS) is 16.8. The highest BCUT2D eigenvalue weighted by Crippen LogP contribution is 2.25. The van der Waals surface area contributed by atoms with E-state index in [9.17, 15) is 19.7 Å². The van der Waals surface area contributed by atoms with E-state index in [1.54, 1.807) is 0 Å². The monoisotopic (exact) mass is 369 g/mol. The molecule has 1 atom stereocenters. The molecule has 0 radical (unpaired) electrons. The van der Waals surface area contributed by atoms with Crippen LogP contribution in [0.4, 0.5) is 5.69 Å². The SMILES string of the molecule is O=C(NN1C(=O)CSC1C=Cc1ccccc1)c1ccc([N+](=O)[O-])cc1. The van der Waals surface area contributed by atoms with Crippen LogP contribution in [-0.2, 0) is 4.79 Å². The van der Waals surface area contributed by atoms with Crippen molar-refractivity contribution in [2.75, 3.05) is 5.75 Å². The number of rotatable bonds is 5. The molecule has 1 aliphatic heterocycles. The summed E-state index contributed by atoms with van der Waals surface area (Å²) in [6.45, 7) is 0. The average Bonchev–Trinajstić information content (AvgIpc) is 3.00. The van der Waals surface area contributed by atoms with E-state index in [2.05, 4.69) is 5.43 Å². The molecule has 132 valence electrons. The van der Waals surface area contributed by atoms with Gasteiger partial charge in [0.15, 0.2) is 0 Å². The fraction of sp³-hybridized carbons (Fsp3) is 0.111. The third kappa shape index (κ3) is 4.09. The van der Waals surface area contributed by atoms with Crippen LogP contribution in [0.1, 0.15) is 15.9 Å². The molecule has 1 unspecified atom stereocenters. The number of carbonyl (C=O) groups is 2. The lowest BCUT2D eigenvalue weighted by atomic mass is 10.2. The third-order valence-electron chi connectivity index (χ3n) is 3.72. The summed E-state index contributed by atoms with van der Waals surface area (Å²) >= 11 is 1.41. The first kappa shape index (κ1) is 17.7. The standard InChI is InChI=1S/C18H15N3O4S/c22-16-12-26-17(11-6-13-4-2-1-3-5-13)20(16)19-18(23)14-7-9-15(10-8-14)21(24)25/h1-11,17H,12H2,(H,19,23). The number of hydrogen-bond donors (Lipinski definition) is 1. The second-order valence-electron chi connectivity index (χ2n) is 5.48. The van der Waals surface area contributed by atoms with Crippen LogP contribution in [-0.4, -0.2) is 32.9 Å². The highest BCUT2D eigenvalue weighted by molar-refractivity contribution is 8.01. The fourth-order valence-corrected chi connectivity index (χ4v) is 3.34. The van der Waals surface area contributed by atoms with Crippen LogP contribution in [0.3, 0.4) is 0 Å². The van der Waals surface area contributed by atoms with Crippen LogP contribution in [0.25, 0.3) is 6.08 Å². The van der Waals surface area contributed by atoms with Crippen molar-refractivity contribution in [1.29, 1.82) is 0 Å². The quantitative estimate of drug-likeness (QED) is 0.646. The average molecular weight is 369 g/mol. The molecule has 1 N–H and O–H groups in total. The number of nitro groups is 1. The van der Waals surface area contributed by atoms with Crippen molar-refractivity contribution >= 4 is 35.3 Å². The van der Waals surface area contributed by atoms with E-state index >= 15 is 0 Å². The predicted octanol–water partition coefficient (Wildman–Crippen LogP) is 2.85. The van der Waals surface area contributed by atoms with Crippen LogP contribution < -0.4 is 5.43 Å². The molecule has 26 heavy (non-hydrogen) atoms. The molecule has 0 saturated carbocycles. The number of hydrogen-bond acceptors (Lipinski definition) is 5. The number of thioether (sulfide) groups is 1. The minimum atomic E-state index is -0.535. The van der Waals surface area contributed by atoms with Crippen LogP contribution >= 0.6 is 11.8 Å². The van der Waals surface area contributed by atoms with Gasteiger partial charge in [0.25, 0.3) is 17.5 Å². The van der Waals surface area contributed by atoms with Crippen LogP contribution in [0, 0.1) is 10.1 Å². The Kier molecular flexibility index (Phi) is 5.33. The number of carbonyl (C=O) groups excluding carboxylic acids is 2. The summed E-state index contributed by atoms with van der Waals surface area (Å²) in [7, 11) is 0.